The molecule has 124 valence electrons. The lowest BCUT2D eigenvalue weighted by atomic mass is 9.95. The number of likely N-dealkylation sites (tertiary alicyclic amines) is 1. The van der Waals surface area contributed by atoms with E-state index in [2.05, 4.69) is 5.16 Å². The lowest BCUT2D eigenvalue weighted by molar-refractivity contribution is -0.120. The molecule has 3 heterocycles. The Balaban J connectivity index is 1.61. The van der Waals surface area contributed by atoms with Gasteiger partial charge in [0.1, 0.15) is 5.76 Å². The van der Waals surface area contributed by atoms with Crippen molar-refractivity contribution >= 4 is 17.5 Å². The van der Waals surface area contributed by atoms with Crippen molar-refractivity contribution in [2.45, 2.75) is 38.3 Å². The summed E-state index contributed by atoms with van der Waals surface area (Å²) < 4.78 is 5.03. The highest BCUT2D eigenvalue weighted by molar-refractivity contribution is 5.97. The van der Waals surface area contributed by atoms with Crippen LogP contribution in [-0.4, -0.2) is 40.5 Å². The van der Waals surface area contributed by atoms with E-state index in [1.165, 1.54) is 0 Å². The number of carbonyl (C=O) groups excluding carboxylic acids is 2. The maximum atomic E-state index is 12.7. The Labute approximate surface area is 140 Å². The summed E-state index contributed by atoms with van der Waals surface area (Å²) in [7, 11) is 0. The van der Waals surface area contributed by atoms with Crippen LogP contribution in [0.15, 0.2) is 40.9 Å². The zero-order valence-electron chi connectivity index (χ0n) is 13.5. The monoisotopic (exact) mass is 325 g/mol. The maximum Gasteiger partial charge on any atom is 0.276 e. The summed E-state index contributed by atoms with van der Waals surface area (Å²) in [6.45, 7) is 2.41. The molecule has 0 aliphatic carbocycles. The Morgan fingerprint density at radius 2 is 2.00 bits per heavy atom. The molecular weight excluding hydrogens is 306 g/mol. The number of benzene rings is 1. The first-order chi connectivity index (χ1) is 11.6. The molecule has 0 unspecified atom stereocenters. The molecule has 0 bridgehead atoms. The van der Waals surface area contributed by atoms with Crippen LogP contribution in [-0.2, 0) is 4.79 Å². The number of aromatic nitrogens is 1. The quantitative estimate of drug-likeness (QED) is 0.850. The van der Waals surface area contributed by atoms with E-state index in [1.54, 1.807) is 13.0 Å². The third-order valence-electron chi connectivity index (χ3n) is 4.91. The summed E-state index contributed by atoms with van der Waals surface area (Å²) in [5.41, 5.74) is 1.25. The lowest BCUT2D eigenvalue weighted by Crippen LogP contribution is -2.53. The topological polar surface area (TPSA) is 66.7 Å². The Morgan fingerprint density at radius 1 is 1.21 bits per heavy atom. The fraction of sp³-hybridized carbons (Fsp3) is 0.389. The highest BCUT2D eigenvalue weighted by Crippen LogP contribution is 2.35. The first kappa shape index (κ1) is 14.9. The second kappa shape index (κ2) is 5.78. The van der Waals surface area contributed by atoms with Gasteiger partial charge in [-0.3, -0.25) is 9.59 Å². The molecular formula is C18H19N3O3. The summed E-state index contributed by atoms with van der Waals surface area (Å²) >= 11 is 0. The van der Waals surface area contributed by atoms with E-state index in [-0.39, 0.29) is 23.9 Å². The van der Waals surface area contributed by atoms with Gasteiger partial charge in [0.15, 0.2) is 5.69 Å². The SMILES string of the molecule is Cc1cc(C(=O)N2CC[C@@H]3[C@H]2CCC(=O)N3c2ccccc2)no1. The molecule has 2 fully saturated rings. The first-order valence-corrected chi connectivity index (χ1v) is 8.26. The average molecular weight is 325 g/mol. The molecule has 4 rings (SSSR count). The molecule has 2 aromatic rings. The molecule has 2 saturated heterocycles. The zero-order chi connectivity index (χ0) is 16.7. The molecule has 2 amide bonds. The number of para-hydroxylation sites is 1. The van der Waals surface area contributed by atoms with Crippen LogP contribution in [0.2, 0.25) is 0 Å². The van der Waals surface area contributed by atoms with Gasteiger partial charge < -0.3 is 14.3 Å². The van der Waals surface area contributed by atoms with Crippen molar-refractivity contribution < 1.29 is 14.1 Å². The van der Waals surface area contributed by atoms with Gasteiger partial charge in [0.25, 0.3) is 5.91 Å². The van der Waals surface area contributed by atoms with E-state index in [0.717, 1.165) is 12.1 Å². The van der Waals surface area contributed by atoms with Crippen molar-refractivity contribution in [3.63, 3.8) is 0 Å². The third-order valence-corrected chi connectivity index (χ3v) is 4.91. The fourth-order valence-electron chi connectivity index (χ4n) is 3.85. The minimum atomic E-state index is -0.110. The van der Waals surface area contributed by atoms with Crippen LogP contribution in [0, 0.1) is 6.92 Å². The highest BCUT2D eigenvalue weighted by Gasteiger charge is 2.45. The number of piperidine rings is 1. The van der Waals surface area contributed by atoms with Crippen molar-refractivity contribution in [3.8, 4) is 0 Å². The van der Waals surface area contributed by atoms with Crippen molar-refractivity contribution in [3.05, 3.63) is 47.9 Å². The smallest absolute Gasteiger partial charge is 0.276 e. The Kier molecular flexibility index (Phi) is 3.59. The van der Waals surface area contributed by atoms with Crippen LogP contribution < -0.4 is 4.90 Å². The van der Waals surface area contributed by atoms with Crippen LogP contribution in [0.4, 0.5) is 5.69 Å². The number of anilines is 1. The summed E-state index contributed by atoms with van der Waals surface area (Å²) in [6, 6.07) is 11.4. The molecule has 0 saturated carbocycles. The predicted molar refractivity (Wildman–Crippen MR) is 87.6 cm³/mol. The molecule has 0 spiro atoms. The molecule has 0 radical (unpaired) electrons. The number of hydrogen-bond acceptors (Lipinski definition) is 4. The Morgan fingerprint density at radius 3 is 2.71 bits per heavy atom. The van der Waals surface area contributed by atoms with Crippen molar-refractivity contribution in [1.82, 2.24) is 10.1 Å². The van der Waals surface area contributed by atoms with E-state index in [9.17, 15) is 9.59 Å². The number of amides is 2. The number of carbonyl (C=O) groups is 2. The molecule has 2 aliphatic heterocycles. The number of aryl methyl sites for hydroxylation is 1. The molecule has 1 aromatic carbocycles. The molecule has 24 heavy (non-hydrogen) atoms. The van der Waals surface area contributed by atoms with Crippen molar-refractivity contribution in [2.75, 3.05) is 11.4 Å². The van der Waals surface area contributed by atoms with E-state index < -0.39 is 0 Å². The van der Waals surface area contributed by atoms with Crippen molar-refractivity contribution in [1.29, 1.82) is 0 Å². The van der Waals surface area contributed by atoms with E-state index in [0.29, 0.717) is 30.8 Å². The van der Waals surface area contributed by atoms with Crippen LogP contribution >= 0.6 is 0 Å². The van der Waals surface area contributed by atoms with Gasteiger partial charge in [0.05, 0.1) is 12.1 Å². The predicted octanol–water partition coefficient (Wildman–Crippen LogP) is 2.39. The Bertz CT molecular complexity index is 771. The van der Waals surface area contributed by atoms with Gasteiger partial charge in [-0.1, -0.05) is 23.4 Å². The van der Waals surface area contributed by atoms with Gasteiger partial charge in [-0.25, -0.2) is 0 Å². The largest absolute Gasteiger partial charge is 0.361 e. The molecule has 2 aliphatic rings. The summed E-state index contributed by atoms with van der Waals surface area (Å²) in [5, 5.41) is 3.84. The molecule has 2 atom stereocenters. The van der Waals surface area contributed by atoms with Crippen molar-refractivity contribution in [2.24, 2.45) is 0 Å². The molecule has 6 heteroatoms. The molecule has 0 N–H and O–H groups in total. The van der Waals surface area contributed by atoms with Crippen LogP contribution in [0.5, 0.6) is 0 Å². The standard InChI is InChI=1S/C18H19N3O3/c1-12-11-14(19-24-12)18(23)20-10-9-16-15(20)7-8-17(22)21(16)13-5-3-2-4-6-13/h2-6,11,15-16H,7-10H2,1H3/t15-,16-/m1/s1. The maximum absolute atomic E-state index is 12.7. The summed E-state index contributed by atoms with van der Waals surface area (Å²) in [6.07, 6.45) is 1.95. The normalized spacial score (nSPS) is 23.5. The average Bonchev–Trinajstić information content (AvgIpc) is 3.21. The summed E-state index contributed by atoms with van der Waals surface area (Å²) in [4.78, 5) is 28.9. The summed E-state index contributed by atoms with van der Waals surface area (Å²) in [5.74, 6) is 0.648. The minimum Gasteiger partial charge on any atom is -0.361 e. The minimum absolute atomic E-state index is 0.0330. The second-order valence-electron chi connectivity index (χ2n) is 6.38. The number of fused-ring (bicyclic) bond motifs is 1. The van der Waals surface area contributed by atoms with Gasteiger partial charge in [0.2, 0.25) is 5.91 Å². The van der Waals surface area contributed by atoms with E-state index >= 15 is 0 Å². The van der Waals surface area contributed by atoms with Gasteiger partial charge in [0, 0.05) is 24.7 Å². The van der Waals surface area contributed by atoms with Gasteiger partial charge in [-0.2, -0.15) is 0 Å². The van der Waals surface area contributed by atoms with Crippen LogP contribution in [0.1, 0.15) is 35.5 Å². The van der Waals surface area contributed by atoms with Crippen LogP contribution in [0.25, 0.3) is 0 Å². The zero-order valence-corrected chi connectivity index (χ0v) is 13.5. The number of nitrogens with zero attached hydrogens (tertiary/aromatic N) is 3. The van der Waals surface area contributed by atoms with Crippen LogP contribution in [0.3, 0.4) is 0 Å². The Hall–Kier alpha value is -2.63. The first-order valence-electron chi connectivity index (χ1n) is 8.26. The highest BCUT2D eigenvalue weighted by atomic mass is 16.5. The second-order valence-corrected chi connectivity index (χ2v) is 6.38. The van der Waals surface area contributed by atoms with Gasteiger partial charge in [-0.15, -0.1) is 0 Å². The third kappa shape index (κ3) is 2.38. The fourth-order valence-corrected chi connectivity index (χ4v) is 3.85. The van der Waals surface area contributed by atoms with Gasteiger partial charge >= 0.3 is 0 Å². The van der Waals surface area contributed by atoms with Gasteiger partial charge in [-0.05, 0) is 31.9 Å². The van der Waals surface area contributed by atoms with E-state index in [1.807, 2.05) is 40.1 Å². The number of rotatable bonds is 2. The molecule has 6 nitrogen and oxygen atoms in total. The lowest BCUT2D eigenvalue weighted by Gasteiger charge is -2.39. The van der Waals surface area contributed by atoms with E-state index in [4.69, 9.17) is 4.52 Å². The number of hydrogen-bond donors (Lipinski definition) is 0. The molecule has 1 aromatic heterocycles.